The maximum Gasteiger partial charge on any atom is 0.310 e. The van der Waals surface area contributed by atoms with Crippen LogP contribution < -0.4 is 5.73 Å². The molecule has 2 fully saturated rings. The zero-order valence-corrected chi connectivity index (χ0v) is 7.32. The van der Waals surface area contributed by atoms with Crippen molar-refractivity contribution in [3.63, 3.8) is 0 Å². The highest BCUT2D eigenvalue weighted by atomic mass is 16.5. The molecule has 0 aromatic rings. The van der Waals surface area contributed by atoms with Crippen molar-refractivity contribution in [2.24, 2.45) is 23.5 Å². The molecule has 68 valence electrons. The molecule has 3 heteroatoms. The van der Waals surface area contributed by atoms with Crippen LogP contribution in [0.15, 0.2) is 0 Å². The summed E-state index contributed by atoms with van der Waals surface area (Å²) in [7, 11) is 1.44. The number of nitrogens with two attached hydrogens (primary N) is 1. The van der Waals surface area contributed by atoms with E-state index in [0.29, 0.717) is 11.8 Å². The van der Waals surface area contributed by atoms with Gasteiger partial charge >= 0.3 is 5.97 Å². The van der Waals surface area contributed by atoms with Crippen LogP contribution in [-0.2, 0) is 9.53 Å². The lowest BCUT2D eigenvalue weighted by Gasteiger charge is -2.44. The van der Waals surface area contributed by atoms with Gasteiger partial charge in [-0.25, -0.2) is 0 Å². The standard InChI is InChI=1S/C9H15NO2/c1-12-9(11)7-5-3-2-4-6(5)8(7)10/h5-8H,2-4,10H2,1H3/t5-,6+,7-,8-/m1/s1. The Morgan fingerprint density at radius 2 is 2.08 bits per heavy atom. The molecule has 0 radical (unpaired) electrons. The molecule has 0 amide bonds. The number of fused-ring (bicyclic) bond motifs is 1. The van der Waals surface area contributed by atoms with Gasteiger partial charge in [0.2, 0.25) is 0 Å². The summed E-state index contributed by atoms with van der Waals surface area (Å²) in [5, 5.41) is 0. The van der Waals surface area contributed by atoms with Gasteiger partial charge in [0.05, 0.1) is 13.0 Å². The first-order valence-electron chi connectivity index (χ1n) is 4.59. The molecule has 2 saturated carbocycles. The fourth-order valence-corrected chi connectivity index (χ4v) is 2.82. The number of rotatable bonds is 1. The van der Waals surface area contributed by atoms with Gasteiger partial charge in [-0.15, -0.1) is 0 Å². The third-order valence-corrected chi connectivity index (χ3v) is 3.47. The lowest BCUT2D eigenvalue weighted by molar-refractivity contribution is -0.155. The first kappa shape index (κ1) is 8.05. The quantitative estimate of drug-likeness (QED) is 0.583. The highest BCUT2D eigenvalue weighted by Crippen LogP contribution is 2.50. The zero-order chi connectivity index (χ0) is 8.72. The van der Waals surface area contributed by atoms with Gasteiger partial charge in [-0.3, -0.25) is 4.79 Å². The van der Waals surface area contributed by atoms with E-state index in [-0.39, 0.29) is 17.9 Å². The number of ether oxygens (including phenoxy) is 1. The van der Waals surface area contributed by atoms with Gasteiger partial charge in [0.25, 0.3) is 0 Å². The van der Waals surface area contributed by atoms with E-state index < -0.39 is 0 Å². The summed E-state index contributed by atoms with van der Waals surface area (Å²) >= 11 is 0. The van der Waals surface area contributed by atoms with E-state index in [1.54, 1.807) is 0 Å². The van der Waals surface area contributed by atoms with Crippen LogP contribution in [0.2, 0.25) is 0 Å². The van der Waals surface area contributed by atoms with Gasteiger partial charge in [-0.2, -0.15) is 0 Å². The Morgan fingerprint density at radius 1 is 1.42 bits per heavy atom. The molecule has 2 aliphatic rings. The Balaban J connectivity index is 2.04. The Bertz CT molecular complexity index is 205. The molecule has 0 unspecified atom stereocenters. The van der Waals surface area contributed by atoms with E-state index >= 15 is 0 Å². The molecule has 0 bridgehead atoms. The second kappa shape index (κ2) is 2.73. The Morgan fingerprint density at radius 3 is 2.75 bits per heavy atom. The van der Waals surface area contributed by atoms with Crippen LogP contribution in [0.25, 0.3) is 0 Å². The van der Waals surface area contributed by atoms with Crippen molar-refractivity contribution in [1.82, 2.24) is 0 Å². The molecule has 2 aliphatic carbocycles. The summed E-state index contributed by atoms with van der Waals surface area (Å²) in [6.07, 6.45) is 3.61. The van der Waals surface area contributed by atoms with Gasteiger partial charge in [0, 0.05) is 6.04 Å². The highest BCUT2D eigenvalue weighted by molar-refractivity contribution is 5.75. The zero-order valence-electron chi connectivity index (χ0n) is 7.32. The first-order chi connectivity index (χ1) is 5.75. The minimum atomic E-state index is -0.106. The predicted octanol–water partition coefficient (Wildman–Crippen LogP) is 0.533. The SMILES string of the molecule is COC(=O)[C@H]1[C@H](N)[C@H]2CCC[C@H]21. The van der Waals surface area contributed by atoms with Crippen LogP contribution >= 0.6 is 0 Å². The first-order valence-corrected chi connectivity index (χ1v) is 4.59. The molecule has 0 saturated heterocycles. The summed E-state index contributed by atoms with van der Waals surface area (Å²) in [4.78, 5) is 11.2. The van der Waals surface area contributed by atoms with Crippen molar-refractivity contribution in [1.29, 1.82) is 0 Å². The van der Waals surface area contributed by atoms with Crippen molar-refractivity contribution < 1.29 is 9.53 Å². The summed E-state index contributed by atoms with van der Waals surface area (Å²) < 4.78 is 4.71. The number of hydrogen-bond acceptors (Lipinski definition) is 3. The lowest BCUT2D eigenvalue weighted by Crippen LogP contribution is -2.57. The predicted molar refractivity (Wildman–Crippen MR) is 44.3 cm³/mol. The second-order valence-electron chi connectivity index (χ2n) is 3.88. The normalized spacial score (nSPS) is 44.8. The van der Waals surface area contributed by atoms with Crippen LogP contribution in [0.3, 0.4) is 0 Å². The van der Waals surface area contributed by atoms with Crippen molar-refractivity contribution in [3.05, 3.63) is 0 Å². The average molecular weight is 169 g/mol. The maximum absolute atomic E-state index is 11.2. The summed E-state index contributed by atoms with van der Waals surface area (Å²) in [6, 6.07) is 0.0740. The maximum atomic E-state index is 11.2. The fourth-order valence-electron chi connectivity index (χ4n) is 2.82. The number of hydrogen-bond donors (Lipinski definition) is 1. The van der Waals surface area contributed by atoms with Gasteiger partial charge < -0.3 is 10.5 Å². The molecule has 0 aliphatic heterocycles. The molecule has 4 atom stereocenters. The monoisotopic (exact) mass is 169 g/mol. The third kappa shape index (κ3) is 0.891. The molecule has 0 spiro atoms. The minimum Gasteiger partial charge on any atom is -0.469 e. The van der Waals surface area contributed by atoms with E-state index in [0.717, 1.165) is 6.42 Å². The van der Waals surface area contributed by atoms with E-state index in [1.165, 1.54) is 20.0 Å². The minimum absolute atomic E-state index is 0.00231. The lowest BCUT2D eigenvalue weighted by atomic mass is 9.63. The van der Waals surface area contributed by atoms with Crippen LogP contribution in [0.5, 0.6) is 0 Å². The molecule has 2 N–H and O–H groups in total. The van der Waals surface area contributed by atoms with Crippen LogP contribution in [0.4, 0.5) is 0 Å². The van der Waals surface area contributed by atoms with Crippen molar-refractivity contribution in [3.8, 4) is 0 Å². The largest absolute Gasteiger partial charge is 0.469 e. The molecule has 12 heavy (non-hydrogen) atoms. The molecule has 0 heterocycles. The van der Waals surface area contributed by atoms with Gasteiger partial charge in [-0.05, 0) is 24.7 Å². The number of methoxy groups -OCH3 is 1. The number of carbonyl (C=O) groups is 1. The third-order valence-electron chi connectivity index (χ3n) is 3.47. The van der Waals surface area contributed by atoms with Crippen LogP contribution in [0, 0.1) is 17.8 Å². The fraction of sp³-hybridized carbons (Fsp3) is 0.889. The van der Waals surface area contributed by atoms with E-state index in [9.17, 15) is 4.79 Å². The van der Waals surface area contributed by atoms with Crippen LogP contribution in [-0.4, -0.2) is 19.1 Å². The second-order valence-corrected chi connectivity index (χ2v) is 3.88. The van der Waals surface area contributed by atoms with Crippen molar-refractivity contribution in [2.45, 2.75) is 25.3 Å². The Labute approximate surface area is 72.3 Å². The van der Waals surface area contributed by atoms with Crippen molar-refractivity contribution >= 4 is 5.97 Å². The van der Waals surface area contributed by atoms with Gasteiger partial charge in [0.1, 0.15) is 0 Å². The molecule has 3 nitrogen and oxygen atoms in total. The molecular formula is C9H15NO2. The Kier molecular flexibility index (Phi) is 1.83. The Hall–Kier alpha value is -0.570. The van der Waals surface area contributed by atoms with E-state index in [4.69, 9.17) is 10.5 Å². The number of esters is 1. The topological polar surface area (TPSA) is 52.3 Å². The molecule has 0 aromatic carbocycles. The molecule has 0 aromatic heterocycles. The summed E-state index contributed by atoms with van der Waals surface area (Å²) in [5.74, 6) is 1.04. The smallest absolute Gasteiger partial charge is 0.310 e. The van der Waals surface area contributed by atoms with E-state index in [2.05, 4.69) is 0 Å². The number of carbonyl (C=O) groups excluding carboxylic acids is 1. The molecular weight excluding hydrogens is 154 g/mol. The van der Waals surface area contributed by atoms with E-state index in [1.807, 2.05) is 0 Å². The van der Waals surface area contributed by atoms with Gasteiger partial charge in [0.15, 0.2) is 0 Å². The average Bonchev–Trinajstić information content (AvgIpc) is 2.48. The molecule has 2 rings (SSSR count). The van der Waals surface area contributed by atoms with Crippen LogP contribution in [0.1, 0.15) is 19.3 Å². The summed E-state index contributed by atoms with van der Waals surface area (Å²) in [5.41, 5.74) is 5.88. The van der Waals surface area contributed by atoms with Crippen molar-refractivity contribution in [2.75, 3.05) is 7.11 Å². The highest BCUT2D eigenvalue weighted by Gasteiger charge is 2.54. The van der Waals surface area contributed by atoms with Gasteiger partial charge in [-0.1, -0.05) is 6.42 Å². The summed E-state index contributed by atoms with van der Waals surface area (Å²) in [6.45, 7) is 0.